The maximum Gasteiger partial charge on any atom is 0.0385 e. The van der Waals surface area contributed by atoms with Gasteiger partial charge in [-0.3, -0.25) is 4.99 Å². The van der Waals surface area contributed by atoms with E-state index < -0.39 is 0 Å². The SMILES string of the molecule is CCCCN=CCc1ccccc1C1=C(C)C(C)=C(C)C1. The molecule has 0 bridgehead atoms. The molecule has 112 valence electrons. The number of hydrogen-bond donors (Lipinski definition) is 0. The molecule has 1 aliphatic carbocycles. The summed E-state index contributed by atoms with van der Waals surface area (Å²) in [6, 6.07) is 8.79. The Labute approximate surface area is 129 Å². The van der Waals surface area contributed by atoms with Crippen LogP contribution in [0.15, 0.2) is 46.0 Å². The van der Waals surface area contributed by atoms with Crippen molar-refractivity contribution in [3.63, 3.8) is 0 Å². The zero-order chi connectivity index (χ0) is 15.2. The second kappa shape index (κ2) is 7.40. The number of rotatable bonds is 6. The Kier molecular flexibility index (Phi) is 5.55. The first-order chi connectivity index (χ1) is 10.1. The van der Waals surface area contributed by atoms with E-state index >= 15 is 0 Å². The van der Waals surface area contributed by atoms with Crippen molar-refractivity contribution in [3.05, 3.63) is 52.1 Å². The van der Waals surface area contributed by atoms with Crippen molar-refractivity contribution in [2.75, 3.05) is 6.54 Å². The number of allylic oxidation sites excluding steroid dienone is 4. The van der Waals surface area contributed by atoms with E-state index in [0.29, 0.717) is 0 Å². The average Bonchev–Trinajstić information content (AvgIpc) is 2.75. The maximum absolute atomic E-state index is 4.52. The Morgan fingerprint density at radius 2 is 1.86 bits per heavy atom. The van der Waals surface area contributed by atoms with E-state index in [9.17, 15) is 0 Å². The van der Waals surface area contributed by atoms with Gasteiger partial charge in [-0.25, -0.2) is 0 Å². The van der Waals surface area contributed by atoms with Crippen molar-refractivity contribution in [1.82, 2.24) is 0 Å². The standard InChI is InChI=1S/C20H27N/c1-5-6-12-21-13-11-18-9-7-8-10-19(18)20-14-15(2)16(3)17(20)4/h7-10,13H,5-6,11-12,14H2,1-4H3. The van der Waals surface area contributed by atoms with E-state index in [2.05, 4.69) is 63.2 Å². The van der Waals surface area contributed by atoms with Crippen LogP contribution in [0.1, 0.15) is 58.1 Å². The van der Waals surface area contributed by atoms with Crippen molar-refractivity contribution in [2.45, 2.75) is 53.4 Å². The summed E-state index contributed by atoms with van der Waals surface area (Å²) in [5.74, 6) is 0. The molecule has 0 spiro atoms. The molecule has 0 saturated heterocycles. The second-order valence-electron chi connectivity index (χ2n) is 5.99. The maximum atomic E-state index is 4.52. The third kappa shape index (κ3) is 3.72. The molecule has 0 saturated carbocycles. The Morgan fingerprint density at radius 1 is 1.10 bits per heavy atom. The van der Waals surface area contributed by atoms with Crippen molar-refractivity contribution < 1.29 is 0 Å². The molecule has 0 fully saturated rings. The molecule has 0 N–H and O–H groups in total. The lowest BCUT2D eigenvalue weighted by Gasteiger charge is -2.11. The van der Waals surface area contributed by atoms with Crippen LogP contribution >= 0.6 is 0 Å². The van der Waals surface area contributed by atoms with Gasteiger partial charge in [0.2, 0.25) is 0 Å². The molecule has 0 amide bonds. The van der Waals surface area contributed by atoms with E-state index in [4.69, 9.17) is 0 Å². The minimum atomic E-state index is 0.939. The van der Waals surface area contributed by atoms with Gasteiger partial charge in [-0.1, -0.05) is 43.2 Å². The lowest BCUT2D eigenvalue weighted by Crippen LogP contribution is -1.96. The number of aliphatic imine (C=N–C) groups is 1. The van der Waals surface area contributed by atoms with Crippen LogP contribution in [-0.4, -0.2) is 12.8 Å². The summed E-state index contributed by atoms with van der Waals surface area (Å²) in [6.45, 7) is 9.92. The van der Waals surface area contributed by atoms with Crippen LogP contribution in [0.3, 0.4) is 0 Å². The summed E-state index contributed by atoms with van der Waals surface area (Å²) in [6.07, 6.45) is 6.53. The summed E-state index contributed by atoms with van der Waals surface area (Å²) < 4.78 is 0. The number of hydrogen-bond acceptors (Lipinski definition) is 1. The molecule has 1 heteroatoms. The summed E-state index contributed by atoms with van der Waals surface area (Å²) in [4.78, 5) is 4.52. The Balaban J connectivity index is 2.17. The lowest BCUT2D eigenvalue weighted by molar-refractivity contribution is 0.809. The third-order valence-electron chi connectivity index (χ3n) is 4.52. The molecule has 1 aromatic carbocycles. The van der Waals surface area contributed by atoms with E-state index in [1.807, 2.05) is 0 Å². The predicted octanol–water partition coefficient (Wildman–Crippen LogP) is 5.61. The molecule has 0 aromatic heterocycles. The summed E-state index contributed by atoms with van der Waals surface area (Å²) in [5, 5.41) is 0. The highest BCUT2D eigenvalue weighted by Gasteiger charge is 2.18. The van der Waals surface area contributed by atoms with Gasteiger partial charge in [0.05, 0.1) is 0 Å². The van der Waals surface area contributed by atoms with Crippen LogP contribution in [0.2, 0.25) is 0 Å². The van der Waals surface area contributed by atoms with Crippen LogP contribution in [0.4, 0.5) is 0 Å². The third-order valence-corrected chi connectivity index (χ3v) is 4.52. The number of nitrogens with zero attached hydrogens (tertiary/aromatic N) is 1. The summed E-state index contributed by atoms with van der Waals surface area (Å²) >= 11 is 0. The zero-order valence-electron chi connectivity index (χ0n) is 13.9. The smallest absolute Gasteiger partial charge is 0.0385 e. The molecular weight excluding hydrogens is 254 g/mol. The Hall–Kier alpha value is -1.63. The van der Waals surface area contributed by atoms with Gasteiger partial charge in [0, 0.05) is 19.2 Å². The van der Waals surface area contributed by atoms with E-state index in [0.717, 1.165) is 19.4 Å². The van der Waals surface area contributed by atoms with E-state index in [-0.39, 0.29) is 0 Å². The molecule has 0 heterocycles. The normalized spacial score (nSPS) is 15.6. The lowest BCUT2D eigenvalue weighted by atomic mass is 9.94. The molecule has 1 nitrogen and oxygen atoms in total. The highest BCUT2D eigenvalue weighted by atomic mass is 14.7. The first-order valence-electron chi connectivity index (χ1n) is 8.08. The van der Waals surface area contributed by atoms with Crippen molar-refractivity contribution in [2.24, 2.45) is 4.99 Å². The highest BCUT2D eigenvalue weighted by Crippen LogP contribution is 2.38. The predicted molar refractivity (Wildman–Crippen MR) is 94.0 cm³/mol. The van der Waals surface area contributed by atoms with Gasteiger partial charge in [0.25, 0.3) is 0 Å². The number of unbranched alkanes of at least 4 members (excludes halogenated alkanes) is 1. The van der Waals surface area contributed by atoms with Gasteiger partial charge < -0.3 is 0 Å². The summed E-state index contributed by atoms with van der Waals surface area (Å²) in [7, 11) is 0. The summed E-state index contributed by atoms with van der Waals surface area (Å²) in [5.41, 5.74) is 8.75. The molecule has 0 atom stereocenters. The largest absolute Gasteiger partial charge is 0.297 e. The Bertz CT molecular complexity index is 588. The van der Waals surface area contributed by atoms with Crippen molar-refractivity contribution >= 4 is 11.8 Å². The zero-order valence-corrected chi connectivity index (χ0v) is 13.9. The van der Waals surface area contributed by atoms with Gasteiger partial charge in [0.1, 0.15) is 0 Å². The molecule has 0 aliphatic heterocycles. The molecule has 0 radical (unpaired) electrons. The van der Waals surface area contributed by atoms with Crippen molar-refractivity contribution in [1.29, 1.82) is 0 Å². The van der Waals surface area contributed by atoms with Crippen LogP contribution in [0, 0.1) is 0 Å². The van der Waals surface area contributed by atoms with Crippen LogP contribution in [-0.2, 0) is 6.42 Å². The van der Waals surface area contributed by atoms with Gasteiger partial charge in [-0.2, -0.15) is 0 Å². The van der Waals surface area contributed by atoms with Gasteiger partial charge in [-0.05, 0) is 61.5 Å². The van der Waals surface area contributed by atoms with Gasteiger partial charge in [-0.15, -0.1) is 0 Å². The van der Waals surface area contributed by atoms with Gasteiger partial charge >= 0.3 is 0 Å². The molecule has 2 rings (SSSR count). The average molecular weight is 281 g/mol. The van der Waals surface area contributed by atoms with Crippen LogP contribution in [0.5, 0.6) is 0 Å². The minimum absolute atomic E-state index is 0.939. The van der Waals surface area contributed by atoms with Crippen LogP contribution < -0.4 is 0 Å². The topological polar surface area (TPSA) is 12.4 Å². The monoisotopic (exact) mass is 281 g/mol. The first-order valence-corrected chi connectivity index (χ1v) is 8.08. The van der Waals surface area contributed by atoms with E-state index in [1.165, 1.54) is 46.3 Å². The van der Waals surface area contributed by atoms with Gasteiger partial charge in [0.15, 0.2) is 0 Å². The molecule has 1 aromatic rings. The Morgan fingerprint density at radius 3 is 2.52 bits per heavy atom. The highest BCUT2D eigenvalue weighted by molar-refractivity contribution is 5.80. The molecule has 21 heavy (non-hydrogen) atoms. The van der Waals surface area contributed by atoms with E-state index in [1.54, 1.807) is 0 Å². The van der Waals surface area contributed by atoms with Crippen molar-refractivity contribution in [3.8, 4) is 0 Å². The fourth-order valence-electron chi connectivity index (χ4n) is 2.87. The number of benzene rings is 1. The fourth-order valence-corrected chi connectivity index (χ4v) is 2.87. The second-order valence-corrected chi connectivity index (χ2v) is 5.99. The fraction of sp³-hybridized carbons (Fsp3) is 0.450. The van der Waals surface area contributed by atoms with Crippen LogP contribution in [0.25, 0.3) is 5.57 Å². The quantitative estimate of drug-likeness (QED) is 0.474. The first kappa shape index (κ1) is 15.8. The molecule has 1 aliphatic rings. The minimum Gasteiger partial charge on any atom is -0.297 e. The molecular formula is C20H27N. The molecule has 0 unspecified atom stereocenters.